The van der Waals surface area contributed by atoms with Gasteiger partial charge in [0.15, 0.2) is 0 Å². The highest BCUT2D eigenvalue weighted by atomic mass is 19.1. The van der Waals surface area contributed by atoms with Crippen molar-refractivity contribution < 1.29 is 18.5 Å². The Labute approximate surface area is 189 Å². The number of anilines is 1. The molecule has 3 aromatic carbocycles. The number of amides is 1. The third kappa shape index (κ3) is 3.83. The van der Waals surface area contributed by atoms with E-state index >= 15 is 0 Å². The number of fused-ring (bicyclic) bond motifs is 1. The Kier molecular flexibility index (Phi) is 5.01. The number of hydrogen-bond acceptors (Lipinski definition) is 6. The van der Waals surface area contributed by atoms with E-state index < -0.39 is 22.5 Å². The number of carbonyl (C=O) groups excluding carboxylic acids is 1. The second kappa shape index (κ2) is 8.16. The van der Waals surface area contributed by atoms with E-state index in [1.165, 1.54) is 29.5 Å². The van der Waals surface area contributed by atoms with Crippen LogP contribution in [0, 0.1) is 21.7 Å². The largest absolute Gasteiger partial charge is 0.338 e. The number of imidazole rings is 1. The molecule has 0 fully saturated rings. The number of nitrogens with zero attached hydrogens (tertiary/aromatic N) is 5. The predicted octanol–water partition coefficient (Wildman–Crippen LogP) is 4.25. The van der Waals surface area contributed by atoms with Crippen molar-refractivity contribution in [2.45, 2.75) is 0 Å². The lowest BCUT2D eigenvalue weighted by Gasteiger charge is -2.07. The Morgan fingerprint density at radius 2 is 1.94 bits per heavy atom. The van der Waals surface area contributed by atoms with Crippen molar-refractivity contribution in [3.05, 3.63) is 94.6 Å². The third-order valence-corrected chi connectivity index (χ3v) is 5.02. The molecule has 0 saturated carbocycles. The Morgan fingerprint density at radius 3 is 2.71 bits per heavy atom. The number of rotatable bonds is 5. The Bertz CT molecular complexity index is 1560. The van der Waals surface area contributed by atoms with Crippen LogP contribution in [0.1, 0.15) is 10.4 Å². The van der Waals surface area contributed by atoms with Crippen molar-refractivity contribution in [2.75, 3.05) is 5.32 Å². The molecule has 2 N–H and O–H groups in total. The van der Waals surface area contributed by atoms with Crippen LogP contribution in [0.3, 0.4) is 0 Å². The zero-order valence-corrected chi connectivity index (χ0v) is 17.1. The average Bonchev–Trinajstić information content (AvgIpc) is 3.50. The molecule has 0 atom stereocenters. The normalized spacial score (nSPS) is 11.0. The maximum atomic E-state index is 14.1. The van der Waals surface area contributed by atoms with Gasteiger partial charge in [0, 0.05) is 17.3 Å². The summed E-state index contributed by atoms with van der Waals surface area (Å²) in [4.78, 5) is 34.6. The summed E-state index contributed by atoms with van der Waals surface area (Å²) in [5.41, 5.74) is 1.20. The molecule has 5 rings (SSSR count). The van der Waals surface area contributed by atoms with E-state index in [4.69, 9.17) is 0 Å². The van der Waals surface area contributed by atoms with Crippen LogP contribution in [0.5, 0.6) is 0 Å². The van der Waals surface area contributed by atoms with Crippen molar-refractivity contribution in [3.8, 4) is 17.1 Å². The minimum Gasteiger partial charge on any atom is -0.338 e. The molecule has 12 heteroatoms. The Morgan fingerprint density at radius 1 is 1.09 bits per heavy atom. The molecule has 0 saturated heterocycles. The molecular weight excluding hydrogens is 448 g/mol. The summed E-state index contributed by atoms with van der Waals surface area (Å²) in [6.07, 6.45) is 2.55. The fourth-order valence-electron chi connectivity index (χ4n) is 3.43. The number of nitro benzene ring substituents is 1. The smallest absolute Gasteiger partial charge is 0.295 e. The number of benzene rings is 3. The number of carbonyl (C=O) groups is 1. The molecule has 0 spiro atoms. The van der Waals surface area contributed by atoms with Gasteiger partial charge in [-0.05, 0) is 48.5 Å². The van der Waals surface area contributed by atoms with Crippen LogP contribution in [0.15, 0.2) is 67.3 Å². The average molecular weight is 461 g/mol. The van der Waals surface area contributed by atoms with E-state index in [9.17, 15) is 23.7 Å². The molecule has 0 radical (unpaired) electrons. The quantitative estimate of drug-likeness (QED) is 0.297. The van der Waals surface area contributed by atoms with Gasteiger partial charge in [-0.25, -0.2) is 23.4 Å². The molecule has 0 unspecified atom stereocenters. The number of halogens is 2. The predicted molar refractivity (Wildman–Crippen MR) is 117 cm³/mol. The molecule has 0 aliphatic carbocycles. The van der Waals surface area contributed by atoms with E-state index in [1.807, 2.05) is 0 Å². The fourth-order valence-corrected chi connectivity index (χ4v) is 3.43. The van der Waals surface area contributed by atoms with Crippen molar-refractivity contribution in [1.82, 2.24) is 24.7 Å². The minimum absolute atomic E-state index is 0.0263. The van der Waals surface area contributed by atoms with Crippen LogP contribution >= 0.6 is 0 Å². The zero-order chi connectivity index (χ0) is 23.8. The maximum Gasteiger partial charge on any atom is 0.295 e. The number of hydrogen-bond donors (Lipinski definition) is 2. The Hall–Kier alpha value is -5.00. The first kappa shape index (κ1) is 20.9. The van der Waals surface area contributed by atoms with E-state index in [-0.39, 0.29) is 28.3 Å². The van der Waals surface area contributed by atoms with Crippen molar-refractivity contribution >= 4 is 28.3 Å². The third-order valence-electron chi connectivity index (χ3n) is 5.02. The van der Waals surface area contributed by atoms with Gasteiger partial charge in [-0.3, -0.25) is 14.9 Å². The molecule has 10 nitrogen and oxygen atoms in total. The first-order valence-electron chi connectivity index (χ1n) is 9.79. The molecular formula is C22H13F2N7O3. The van der Waals surface area contributed by atoms with Gasteiger partial charge in [0.2, 0.25) is 0 Å². The van der Waals surface area contributed by atoms with Crippen molar-refractivity contribution in [2.24, 2.45) is 0 Å². The van der Waals surface area contributed by atoms with Crippen LogP contribution in [-0.2, 0) is 0 Å². The summed E-state index contributed by atoms with van der Waals surface area (Å²) in [5, 5.41) is 18.1. The Balaban J connectivity index is 1.43. The molecule has 0 aliphatic rings. The number of nitrogens with one attached hydrogen (secondary N) is 2. The molecule has 1 amide bonds. The lowest BCUT2D eigenvalue weighted by atomic mass is 10.1. The molecule has 168 valence electrons. The zero-order valence-electron chi connectivity index (χ0n) is 17.1. The van der Waals surface area contributed by atoms with E-state index in [2.05, 4.69) is 25.4 Å². The topological polar surface area (TPSA) is 132 Å². The lowest BCUT2D eigenvalue weighted by Crippen LogP contribution is -2.13. The van der Waals surface area contributed by atoms with Gasteiger partial charge < -0.3 is 10.3 Å². The summed E-state index contributed by atoms with van der Waals surface area (Å²) in [6, 6.07) is 11.8. The van der Waals surface area contributed by atoms with Crippen LogP contribution in [0.4, 0.5) is 20.2 Å². The summed E-state index contributed by atoms with van der Waals surface area (Å²) in [5.74, 6) is -1.68. The van der Waals surface area contributed by atoms with Gasteiger partial charge in [-0.2, -0.15) is 5.10 Å². The fraction of sp³-hybridized carbons (Fsp3) is 0. The van der Waals surface area contributed by atoms with Crippen molar-refractivity contribution in [3.63, 3.8) is 0 Å². The summed E-state index contributed by atoms with van der Waals surface area (Å²) in [6.45, 7) is 0. The van der Waals surface area contributed by atoms with Gasteiger partial charge in [0.1, 0.15) is 35.8 Å². The molecule has 2 aromatic heterocycles. The van der Waals surface area contributed by atoms with Crippen LogP contribution in [0.2, 0.25) is 0 Å². The van der Waals surface area contributed by atoms with Crippen molar-refractivity contribution in [1.29, 1.82) is 0 Å². The van der Waals surface area contributed by atoms with Gasteiger partial charge in [-0.1, -0.05) is 0 Å². The second-order valence-electron chi connectivity index (χ2n) is 7.20. The standard InChI is InChI=1S/C22H13F2N7O3/c23-13-2-4-16(24)15(8-13)21-28-17-5-3-14(9-18(17)29-21)27-22(32)12-1-6-19(20(7-12)31(33)34)30-11-25-10-26-30/h1-11H,(H,27,32)(H,28,29). The van der Waals surface area contributed by atoms with Crippen LogP contribution in [0.25, 0.3) is 28.1 Å². The van der Waals surface area contributed by atoms with Gasteiger partial charge in [-0.15, -0.1) is 0 Å². The second-order valence-corrected chi connectivity index (χ2v) is 7.20. The highest BCUT2D eigenvalue weighted by Crippen LogP contribution is 2.27. The molecule has 2 heterocycles. The highest BCUT2D eigenvalue weighted by Gasteiger charge is 2.20. The molecule has 0 bridgehead atoms. The summed E-state index contributed by atoms with van der Waals surface area (Å²) < 4.78 is 28.9. The number of aromatic amines is 1. The highest BCUT2D eigenvalue weighted by molar-refractivity contribution is 6.05. The minimum atomic E-state index is -0.634. The monoisotopic (exact) mass is 461 g/mol. The SMILES string of the molecule is O=C(Nc1ccc2nc(-c3cc(F)ccc3F)[nH]c2c1)c1ccc(-n2cncn2)c([N+](=O)[O-])c1. The molecule has 34 heavy (non-hydrogen) atoms. The number of aromatic nitrogens is 5. The molecule has 5 aromatic rings. The van der Waals surface area contributed by atoms with Crippen LogP contribution in [-0.4, -0.2) is 35.6 Å². The number of H-pyrrole nitrogens is 1. The van der Waals surface area contributed by atoms with E-state index in [0.717, 1.165) is 24.3 Å². The van der Waals surface area contributed by atoms with Gasteiger partial charge in [0.25, 0.3) is 11.6 Å². The first-order valence-corrected chi connectivity index (χ1v) is 9.79. The summed E-state index contributed by atoms with van der Waals surface area (Å²) >= 11 is 0. The lowest BCUT2D eigenvalue weighted by molar-refractivity contribution is -0.384. The van der Waals surface area contributed by atoms with Crippen LogP contribution < -0.4 is 5.32 Å². The first-order chi connectivity index (χ1) is 16.4. The van der Waals surface area contributed by atoms with Gasteiger partial charge >= 0.3 is 0 Å². The number of nitro groups is 1. The van der Waals surface area contributed by atoms with E-state index in [0.29, 0.717) is 16.7 Å². The van der Waals surface area contributed by atoms with E-state index in [1.54, 1.807) is 18.2 Å². The van der Waals surface area contributed by atoms with Gasteiger partial charge in [0.05, 0.1) is 21.5 Å². The summed E-state index contributed by atoms with van der Waals surface area (Å²) in [7, 11) is 0. The maximum absolute atomic E-state index is 14.1. The molecule has 0 aliphatic heterocycles.